The number of hydrogen-bond acceptors (Lipinski definition) is 4. The molecule has 2 rings (SSSR count). The number of nitrogens with zero attached hydrogens (tertiary/aromatic N) is 1. The van der Waals surface area contributed by atoms with Crippen LogP contribution in [0.25, 0.3) is 0 Å². The van der Waals surface area contributed by atoms with Gasteiger partial charge in [-0.25, -0.2) is 9.59 Å². The van der Waals surface area contributed by atoms with Gasteiger partial charge in [-0.1, -0.05) is 42.5 Å². The van der Waals surface area contributed by atoms with Gasteiger partial charge < -0.3 is 14.6 Å². The number of amides is 1. The molecule has 0 radical (unpaired) electrons. The molecule has 2 aromatic rings. The van der Waals surface area contributed by atoms with E-state index >= 15 is 0 Å². The summed E-state index contributed by atoms with van der Waals surface area (Å²) >= 11 is 0. The normalized spacial score (nSPS) is 11.4. The molecule has 0 aliphatic rings. The number of methoxy groups -OCH3 is 1. The Bertz CT molecular complexity index is 700. The van der Waals surface area contributed by atoms with Crippen LogP contribution in [-0.2, 0) is 22.7 Å². The summed E-state index contributed by atoms with van der Waals surface area (Å²) in [6.07, 6.45) is -0.672. The lowest BCUT2D eigenvalue weighted by Gasteiger charge is -2.26. The van der Waals surface area contributed by atoms with Gasteiger partial charge in [-0.2, -0.15) is 0 Å². The van der Waals surface area contributed by atoms with Crippen LogP contribution in [-0.4, -0.2) is 35.2 Å². The molecule has 6 heteroatoms. The van der Waals surface area contributed by atoms with Crippen LogP contribution in [0.4, 0.5) is 4.79 Å². The van der Waals surface area contributed by atoms with Gasteiger partial charge in [0.05, 0.1) is 7.11 Å². The van der Waals surface area contributed by atoms with Crippen molar-refractivity contribution >= 4 is 12.1 Å². The lowest BCUT2D eigenvalue weighted by molar-refractivity contribution is -0.142. The Kier molecular flexibility index (Phi) is 6.39. The molecule has 1 atom stereocenters. The van der Waals surface area contributed by atoms with Gasteiger partial charge >= 0.3 is 12.1 Å². The predicted molar refractivity (Wildman–Crippen MR) is 92.3 cm³/mol. The highest BCUT2D eigenvalue weighted by atomic mass is 16.6. The molecule has 6 nitrogen and oxygen atoms in total. The Hall–Kier alpha value is -3.02. The van der Waals surface area contributed by atoms with E-state index in [-0.39, 0.29) is 13.2 Å². The molecular formula is C19H21NO5. The quantitative estimate of drug-likeness (QED) is 0.835. The van der Waals surface area contributed by atoms with Gasteiger partial charge in [0.25, 0.3) is 0 Å². The Balaban J connectivity index is 2.08. The van der Waals surface area contributed by atoms with Crippen molar-refractivity contribution in [2.75, 3.05) is 7.11 Å². The second kappa shape index (κ2) is 8.73. The molecule has 0 saturated heterocycles. The average Bonchev–Trinajstić information content (AvgIpc) is 2.64. The maximum absolute atomic E-state index is 12.4. The van der Waals surface area contributed by atoms with Crippen LogP contribution in [0.5, 0.6) is 5.75 Å². The first-order chi connectivity index (χ1) is 12.0. The SMILES string of the molecule is COc1ccc(CN(C(=O)OCc2ccccc2)[C@@H](C)C(=O)O)cc1. The number of benzene rings is 2. The zero-order chi connectivity index (χ0) is 18.2. The maximum atomic E-state index is 12.4. The lowest BCUT2D eigenvalue weighted by Crippen LogP contribution is -2.43. The summed E-state index contributed by atoms with van der Waals surface area (Å²) in [6, 6.07) is 15.3. The van der Waals surface area contributed by atoms with Gasteiger partial charge in [-0.3, -0.25) is 4.90 Å². The van der Waals surface area contributed by atoms with E-state index in [1.807, 2.05) is 30.3 Å². The maximum Gasteiger partial charge on any atom is 0.411 e. The molecule has 0 saturated carbocycles. The van der Waals surface area contributed by atoms with Crippen LogP contribution >= 0.6 is 0 Å². The van der Waals surface area contributed by atoms with E-state index in [0.717, 1.165) is 11.1 Å². The molecular weight excluding hydrogens is 322 g/mol. The molecule has 0 spiro atoms. The smallest absolute Gasteiger partial charge is 0.411 e. The molecule has 0 unspecified atom stereocenters. The van der Waals surface area contributed by atoms with Crippen LogP contribution in [0.2, 0.25) is 0 Å². The first kappa shape index (κ1) is 18.3. The number of rotatable bonds is 7. The molecule has 0 bridgehead atoms. The van der Waals surface area contributed by atoms with Crippen LogP contribution in [0, 0.1) is 0 Å². The molecule has 0 aromatic heterocycles. The minimum atomic E-state index is -1.09. The van der Waals surface area contributed by atoms with Crippen molar-refractivity contribution in [2.45, 2.75) is 26.1 Å². The van der Waals surface area contributed by atoms with Crippen molar-refractivity contribution < 1.29 is 24.2 Å². The summed E-state index contributed by atoms with van der Waals surface area (Å²) in [5.41, 5.74) is 1.62. The Morgan fingerprint density at radius 2 is 1.68 bits per heavy atom. The molecule has 0 fully saturated rings. The lowest BCUT2D eigenvalue weighted by atomic mass is 10.2. The van der Waals surface area contributed by atoms with Crippen molar-refractivity contribution in [2.24, 2.45) is 0 Å². The van der Waals surface area contributed by atoms with Crippen LogP contribution in [0.3, 0.4) is 0 Å². The van der Waals surface area contributed by atoms with Gasteiger partial charge in [0, 0.05) is 6.54 Å². The number of carbonyl (C=O) groups excluding carboxylic acids is 1. The molecule has 132 valence electrons. The standard InChI is InChI=1S/C19H21NO5/c1-14(18(21)22)20(12-15-8-10-17(24-2)11-9-15)19(23)25-13-16-6-4-3-5-7-16/h3-11,14H,12-13H2,1-2H3,(H,21,22)/t14-/m0/s1. The zero-order valence-corrected chi connectivity index (χ0v) is 14.2. The van der Waals surface area contributed by atoms with E-state index in [2.05, 4.69) is 0 Å². The van der Waals surface area contributed by atoms with Gasteiger partial charge in [-0.05, 0) is 30.2 Å². The zero-order valence-electron chi connectivity index (χ0n) is 14.2. The summed E-state index contributed by atoms with van der Waals surface area (Å²) in [7, 11) is 1.56. The van der Waals surface area contributed by atoms with Crippen molar-refractivity contribution in [3.05, 3.63) is 65.7 Å². The first-order valence-corrected chi connectivity index (χ1v) is 7.84. The number of aliphatic carboxylic acids is 1. The van der Waals surface area contributed by atoms with E-state index in [1.54, 1.807) is 31.4 Å². The Morgan fingerprint density at radius 1 is 1.04 bits per heavy atom. The van der Waals surface area contributed by atoms with Gasteiger partial charge in [-0.15, -0.1) is 0 Å². The van der Waals surface area contributed by atoms with E-state index in [9.17, 15) is 14.7 Å². The summed E-state index contributed by atoms with van der Waals surface area (Å²) in [5.74, 6) is -0.404. The van der Waals surface area contributed by atoms with Gasteiger partial charge in [0.15, 0.2) is 0 Å². The van der Waals surface area contributed by atoms with Crippen molar-refractivity contribution in [3.63, 3.8) is 0 Å². The largest absolute Gasteiger partial charge is 0.497 e. The number of ether oxygens (including phenoxy) is 2. The molecule has 0 aliphatic carbocycles. The number of carbonyl (C=O) groups is 2. The minimum Gasteiger partial charge on any atom is -0.497 e. The summed E-state index contributed by atoms with van der Waals surface area (Å²) in [4.78, 5) is 24.9. The van der Waals surface area contributed by atoms with Crippen LogP contribution in [0.15, 0.2) is 54.6 Å². The van der Waals surface area contributed by atoms with E-state index in [0.29, 0.717) is 5.75 Å². The first-order valence-electron chi connectivity index (χ1n) is 7.84. The van der Waals surface area contributed by atoms with Crippen molar-refractivity contribution in [1.82, 2.24) is 4.90 Å². The molecule has 0 heterocycles. The highest BCUT2D eigenvalue weighted by Gasteiger charge is 2.27. The third-order valence-corrected chi connectivity index (χ3v) is 3.78. The fourth-order valence-corrected chi connectivity index (χ4v) is 2.22. The summed E-state index contributed by atoms with van der Waals surface area (Å²) in [5, 5.41) is 9.28. The van der Waals surface area contributed by atoms with E-state index < -0.39 is 18.1 Å². The number of carboxylic acids is 1. The van der Waals surface area contributed by atoms with E-state index in [4.69, 9.17) is 9.47 Å². The third-order valence-electron chi connectivity index (χ3n) is 3.78. The Morgan fingerprint density at radius 3 is 2.24 bits per heavy atom. The monoisotopic (exact) mass is 343 g/mol. The highest BCUT2D eigenvalue weighted by Crippen LogP contribution is 2.16. The van der Waals surface area contributed by atoms with Crippen molar-refractivity contribution in [3.8, 4) is 5.75 Å². The second-order valence-corrected chi connectivity index (χ2v) is 5.53. The number of hydrogen-bond donors (Lipinski definition) is 1. The topological polar surface area (TPSA) is 76.1 Å². The fourth-order valence-electron chi connectivity index (χ4n) is 2.22. The number of carboxylic acid groups (broad SMARTS) is 1. The molecule has 0 aliphatic heterocycles. The fraction of sp³-hybridized carbons (Fsp3) is 0.263. The molecule has 1 N–H and O–H groups in total. The predicted octanol–water partition coefficient (Wildman–Crippen LogP) is 3.31. The highest BCUT2D eigenvalue weighted by molar-refractivity contribution is 5.79. The molecule has 2 aromatic carbocycles. The third kappa shape index (κ3) is 5.24. The summed E-state index contributed by atoms with van der Waals surface area (Å²) in [6.45, 7) is 1.67. The molecule has 1 amide bonds. The van der Waals surface area contributed by atoms with Crippen LogP contribution in [0.1, 0.15) is 18.1 Å². The minimum absolute atomic E-state index is 0.0884. The Labute approximate surface area is 146 Å². The van der Waals surface area contributed by atoms with E-state index in [1.165, 1.54) is 11.8 Å². The second-order valence-electron chi connectivity index (χ2n) is 5.53. The van der Waals surface area contributed by atoms with Crippen molar-refractivity contribution in [1.29, 1.82) is 0 Å². The average molecular weight is 343 g/mol. The van der Waals surface area contributed by atoms with Crippen LogP contribution < -0.4 is 4.74 Å². The van der Waals surface area contributed by atoms with Gasteiger partial charge in [0.2, 0.25) is 0 Å². The van der Waals surface area contributed by atoms with Gasteiger partial charge in [0.1, 0.15) is 18.4 Å². The molecule has 25 heavy (non-hydrogen) atoms. The summed E-state index contributed by atoms with van der Waals surface area (Å²) < 4.78 is 10.4.